The van der Waals surface area contributed by atoms with Gasteiger partial charge in [0.25, 0.3) is 5.91 Å². The number of nitrogens with zero attached hydrogens (tertiary/aromatic N) is 3. The molecule has 1 fully saturated rings. The van der Waals surface area contributed by atoms with Gasteiger partial charge in [0, 0.05) is 43.2 Å². The molecule has 1 amide bonds. The fourth-order valence-corrected chi connectivity index (χ4v) is 5.29. The lowest BCUT2D eigenvalue weighted by molar-refractivity contribution is -0.120. The van der Waals surface area contributed by atoms with Crippen LogP contribution in [0.2, 0.25) is 5.02 Å². The number of piperazine rings is 1. The Balaban J connectivity index is 1.89. The van der Waals surface area contributed by atoms with Gasteiger partial charge in [0.1, 0.15) is 17.6 Å². The highest BCUT2D eigenvalue weighted by atomic mass is 35.5. The van der Waals surface area contributed by atoms with Gasteiger partial charge in [0.05, 0.1) is 40.8 Å². The first-order valence-corrected chi connectivity index (χ1v) is 11.6. The molecule has 8 heteroatoms. The predicted octanol–water partition coefficient (Wildman–Crippen LogP) is 4.88. The Morgan fingerprint density at radius 3 is 2.85 bits per heavy atom. The van der Waals surface area contributed by atoms with E-state index in [4.69, 9.17) is 21.3 Å². The van der Waals surface area contributed by atoms with E-state index in [1.165, 1.54) is 13.2 Å². The molecule has 1 atom stereocenters. The molecule has 3 aromatic rings. The van der Waals surface area contributed by atoms with Crippen molar-refractivity contribution < 1.29 is 13.9 Å². The minimum atomic E-state index is -0.422. The summed E-state index contributed by atoms with van der Waals surface area (Å²) in [6, 6.07) is 6.27. The number of pyridine rings is 1. The first kappa shape index (κ1) is 22.6. The Bertz CT molecular complexity index is 1350. The maximum atomic E-state index is 15.2. The zero-order valence-electron chi connectivity index (χ0n) is 19.6. The molecule has 176 valence electrons. The number of likely N-dealkylation sites (N-methyl/N-ethyl adjacent to an activating group) is 1. The molecule has 1 aromatic heterocycles. The number of aromatic nitrogens is 1. The number of allylic oxidation sites excluding steroid dienone is 1. The van der Waals surface area contributed by atoms with E-state index in [2.05, 4.69) is 10.2 Å². The number of hydrogen-bond acceptors (Lipinski definition) is 5. The summed E-state index contributed by atoms with van der Waals surface area (Å²) >= 11 is 6.92. The number of carbonyl (C=O) groups excluding carboxylic acids is 1. The summed E-state index contributed by atoms with van der Waals surface area (Å²) < 4.78 is 20.7. The van der Waals surface area contributed by atoms with Crippen LogP contribution in [0.25, 0.3) is 28.1 Å². The van der Waals surface area contributed by atoms with Gasteiger partial charge < -0.3 is 19.9 Å². The Hall–Kier alpha value is -3.16. The van der Waals surface area contributed by atoms with Gasteiger partial charge in [-0.3, -0.25) is 9.78 Å². The second kappa shape index (κ2) is 8.56. The molecule has 2 aromatic carbocycles. The van der Waals surface area contributed by atoms with Crippen molar-refractivity contribution in [1.29, 1.82) is 0 Å². The number of hydrogen-bond donors (Lipinski definition) is 1. The third-order valence-corrected chi connectivity index (χ3v) is 6.79. The minimum Gasteiger partial charge on any atom is -0.496 e. The second-order valence-electron chi connectivity index (χ2n) is 8.88. The van der Waals surface area contributed by atoms with E-state index in [9.17, 15) is 4.79 Å². The highest BCUT2D eigenvalue weighted by Crippen LogP contribution is 2.47. The number of carbonyl (C=O) groups is 1. The second-order valence-corrected chi connectivity index (χ2v) is 9.29. The van der Waals surface area contributed by atoms with Gasteiger partial charge in [-0.1, -0.05) is 29.3 Å². The standard InChI is InChI=1S/C26H26ClFN4O2/c1-14(2)10-15-22(23-18(28)6-5-7-21(23)34-4)17(27)11-16-24(15)30-13-19-25(16)32-9-8-29-12-20(32)26(33)31(19)3/h5-7,10-11,13,20,29H,8-9,12H2,1-4H3/t20-/m1/s1. The van der Waals surface area contributed by atoms with Crippen molar-refractivity contribution in [1.82, 2.24) is 10.3 Å². The molecule has 0 radical (unpaired) electrons. The summed E-state index contributed by atoms with van der Waals surface area (Å²) in [5, 5.41) is 4.54. The Kier molecular flexibility index (Phi) is 5.70. The first-order chi connectivity index (χ1) is 16.3. The van der Waals surface area contributed by atoms with Crippen LogP contribution in [0.15, 0.2) is 36.0 Å². The van der Waals surface area contributed by atoms with E-state index >= 15 is 4.39 Å². The summed E-state index contributed by atoms with van der Waals surface area (Å²) in [6.45, 7) is 5.99. The monoisotopic (exact) mass is 480 g/mol. The molecular weight excluding hydrogens is 455 g/mol. The maximum Gasteiger partial charge on any atom is 0.250 e. The van der Waals surface area contributed by atoms with Crippen LogP contribution in [-0.4, -0.2) is 50.7 Å². The lowest BCUT2D eigenvalue weighted by Crippen LogP contribution is -2.61. The van der Waals surface area contributed by atoms with Gasteiger partial charge in [-0.05, 0) is 32.0 Å². The number of benzene rings is 2. The summed E-state index contributed by atoms with van der Waals surface area (Å²) in [6.07, 6.45) is 3.70. The number of fused-ring (bicyclic) bond motifs is 5. The minimum absolute atomic E-state index is 0.0317. The molecule has 2 aliphatic heterocycles. The highest BCUT2D eigenvalue weighted by molar-refractivity contribution is 6.35. The number of nitrogens with one attached hydrogen (secondary N) is 1. The third kappa shape index (κ3) is 3.42. The summed E-state index contributed by atoms with van der Waals surface area (Å²) in [5.74, 6) is 0.00811. The zero-order chi connectivity index (χ0) is 24.1. The summed E-state index contributed by atoms with van der Waals surface area (Å²) in [4.78, 5) is 21.6. The average molecular weight is 481 g/mol. The van der Waals surface area contributed by atoms with E-state index < -0.39 is 5.82 Å². The van der Waals surface area contributed by atoms with Crippen molar-refractivity contribution in [2.45, 2.75) is 19.9 Å². The largest absolute Gasteiger partial charge is 0.496 e. The zero-order valence-corrected chi connectivity index (χ0v) is 20.3. The number of methoxy groups -OCH3 is 1. The van der Waals surface area contributed by atoms with Crippen molar-refractivity contribution in [3.8, 4) is 16.9 Å². The van der Waals surface area contributed by atoms with Crippen LogP contribution in [0.4, 0.5) is 15.8 Å². The number of anilines is 2. The molecule has 6 nitrogen and oxygen atoms in total. The van der Waals surface area contributed by atoms with Crippen LogP contribution in [-0.2, 0) is 4.79 Å². The molecule has 2 aliphatic rings. The Morgan fingerprint density at radius 1 is 1.32 bits per heavy atom. The van der Waals surface area contributed by atoms with Crippen molar-refractivity contribution in [3.63, 3.8) is 0 Å². The van der Waals surface area contributed by atoms with Crippen molar-refractivity contribution in [2.75, 3.05) is 43.6 Å². The molecule has 0 saturated carbocycles. The van der Waals surface area contributed by atoms with Gasteiger partial charge in [0.15, 0.2) is 0 Å². The molecule has 0 bridgehead atoms. The first-order valence-electron chi connectivity index (χ1n) is 11.2. The smallest absolute Gasteiger partial charge is 0.250 e. The number of amides is 1. The number of rotatable bonds is 3. The predicted molar refractivity (Wildman–Crippen MR) is 135 cm³/mol. The average Bonchev–Trinajstić information content (AvgIpc) is 2.82. The molecule has 0 unspecified atom stereocenters. The van der Waals surface area contributed by atoms with Crippen LogP contribution < -0.4 is 19.9 Å². The lowest BCUT2D eigenvalue weighted by atomic mass is 9.92. The molecule has 0 aliphatic carbocycles. The third-order valence-electron chi connectivity index (χ3n) is 6.49. The van der Waals surface area contributed by atoms with E-state index in [-0.39, 0.29) is 11.9 Å². The van der Waals surface area contributed by atoms with Crippen LogP contribution in [0.5, 0.6) is 5.75 Å². The molecule has 1 saturated heterocycles. The molecule has 34 heavy (non-hydrogen) atoms. The van der Waals surface area contributed by atoms with Crippen molar-refractivity contribution in [2.24, 2.45) is 0 Å². The van der Waals surface area contributed by atoms with Crippen LogP contribution in [0.3, 0.4) is 0 Å². The van der Waals surface area contributed by atoms with E-state index in [1.54, 1.807) is 30.3 Å². The SMILES string of the molecule is COc1cccc(F)c1-c1c(Cl)cc2c3c(cnc2c1C=C(C)C)N(C)C(=O)[C@H]1CNCCN31. The van der Waals surface area contributed by atoms with Gasteiger partial charge in [0.2, 0.25) is 0 Å². The van der Waals surface area contributed by atoms with E-state index in [0.29, 0.717) is 40.5 Å². The molecule has 5 rings (SSSR count). The Morgan fingerprint density at radius 2 is 2.12 bits per heavy atom. The van der Waals surface area contributed by atoms with E-state index in [1.807, 2.05) is 26.0 Å². The van der Waals surface area contributed by atoms with Gasteiger partial charge in [-0.15, -0.1) is 0 Å². The normalized spacial score (nSPS) is 17.5. The lowest BCUT2D eigenvalue weighted by Gasteiger charge is -2.44. The summed E-state index contributed by atoms with van der Waals surface area (Å²) in [7, 11) is 3.29. The van der Waals surface area contributed by atoms with Gasteiger partial charge >= 0.3 is 0 Å². The molecular formula is C26H26ClFN4O2. The quantitative estimate of drug-likeness (QED) is 0.579. The fraction of sp³-hybridized carbons (Fsp3) is 0.308. The maximum absolute atomic E-state index is 15.2. The fourth-order valence-electron chi connectivity index (χ4n) is 4.99. The molecule has 3 heterocycles. The van der Waals surface area contributed by atoms with Crippen molar-refractivity contribution >= 4 is 45.9 Å². The number of halogens is 2. The van der Waals surface area contributed by atoms with E-state index in [0.717, 1.165) is 34.4 Å². The molecule has 1 N–H and O–H groups in total. The van der Waals surface area contributed by atoms with Crippen molar-refractivity contribution in [3.05, 3.63) is 52.4 Å². The summed E-state index contributed by atoms with van der Waals surface area (Å²) in [5.41, 5.74) is 4.95. The number of ether oxygens (including phenoxy) is 1. The van der Waals surface area contributed by atoms with Crippen LogP contribution in [0.1, 0.15) is 19.4 Å². The van der Waals surface area contributed by atoms with Gasteiger partial charge in [-0.25, -0.2) is 4.39 Å². The van der Waals surface area contributed by atoms with Crippen LogP contribution in [0, 0.1) is 5.82 Å². The topological polar surface area (TPSA) is 57.7 Å². The Labute approximate surface area is 203 Å². The van der Waals surface area contributed by atoms with Gasteiger partial charge in [-0.2, -0.15) is 0 Å². The highest BCUT2D eigenvalue weighted by Gasteiger charge is 2.39. The van der Waals surface area contributed by atoms with Crippen LogP contribution >= 0.6 is 11.6 Å². The molecule has 0 spiro atoms.